The first-order valence-corrected chi connectivity index (χ1v) is 11.4. The molecule has 0 radical (unpaired) electrons. The van der Waals surface area contributed by atoms with E-state index < -0.39 is 5.60 Å². The summed E-state index contributed by atoms with van der Waals surface area (Å²) in [4.78, 5) is 37.2. The Balaban J connectivity index is 1.77. The van der Waals surface area contributed by atoms with Gasteiger partial charge in [-0.3, -0.25) is 14.4 Å². The van der Waals surface area contributed by atoms with Crippen LogP contribution in [0.2, 0.25) is 0 Å². The number of allylic oxidation sites excluding steroid dienone is 1. The van der Waals surface area contributed by atoms with Crippen molar-refractivity contribution in [3.63, 3.8) is 0 Å². The van der Waals surface area contributed by atoms with Crippen LogP contribution in [0.3, 0.4) is 0 Å². The van der Waals surface area contributed by atoms with E-state index in [1.165, 1.54) is 12.5 Å². The Bertz CT molecular complexity index is 797. The van der Waals surface area contributed by atoms with Gasteiger partial charge in [-0.1, -0.05) is 33.3 Å². The van der Waals surface area contributed by atoms with E-state index in [0.29, 0.717) is 30.1 Å². The first-order valence-electron chi connectivity index (χ1n) is 11.4. The van der Waals surface area contributed by atoms with Crippen LogP contribution in [0.25, 0.3) is 0 Å². The summed E-state index contributed by atoms with van der Waals surface area (Å²) in [5, 5.41) is 0. The van der Waals surface area contributed by atoms with Crippen LogP contribution >= 0.6 is 0 Å². The topological polar surface area (TPSA) is 60.4 Å². The number of ether oxygens (including phenoxy) is 1. The van der Waals surface area contributed by atoms with E-state index >= 15 is 0 Å². The van der Waals surface area contributed by atoms with Gasteiger partial charge in [0.15, 0.2) is 17.2 Å². The third-order valence-corrected chi connectivity index (χ3v) is 9.65. The zero-order valence-electron chi connectivity index (χ0n) is 18.8. The highest BCUT2D eigenvalue weighted by atomic mass is 16.6. The number of hydrogen-bond acceptors (Lipinski definition) is 4. The van der Waals surface area contributed by atoms with E-state index in [1.54, 1.807) is 6.92 Å². The summed E-state index contributed by atoms with van der Waals surface area (Å²) in [5.74, 6) is 1.79. The molecule has 4 rings (SSSR count). The Labute approximate surface area is 174 Å². The molecule has 3 saturated carbocycles. The maximum atomic E-state index is 13.0. The van der Waals surface area contributed by atoms with Crippen LogP contribution in [0, 0.1) is 40.4 Å². The molecule has 0 spiro atoms. The molecular formula is C25H36O4. The molecule has 29 heavy (non-hydrogen) atoms. The molecular weight excluding hydrogens is 364 g/mol. The number of carbonyl (C=O) groups excluding carboxylic acids is 3. The van der Waals surface area contributed by atoms with Crippen molar-refractivity contribution < 1.29 is 19.1 Å². The molecule has 0 aromatic carbocycles. The Morgan fingerprint density at radius 1 is 1.07 bits per heavy atom. The molecule has 160 valence electrons. The quantitative estimate of drug-likeness (QED) is 0.619. The average molecular weight is 401 g/mol. The van der Waals surface area contributed by atoms with Crippen LogP contribution in [0.5, 0.6) is 0 Å². The van der Waals surface area contributed by atoms with Gasteiger partial charge in [0.25, 0.3) is 0 Å². The fourth-order valence-electron chi connectivity index (χ4n) is 8.58. The lowest BCUT2D eigenvalue weighted by Gasteiger charge is -2.60. The number of carbonyl (C=O) groups is 3. The fraction of sp³-hybridized carbons (Fsp3) is 0.800. The molecule has 4 aliphatic rings. The van der Waals surface area contributed by atoms with Crippen LogP contribution in [0.1, 0.15) is 80.1 Å². The molecule has 3 fully saturated rings. The predicted molar refractivity (Wildman–Crippen MR) is 111 cm³/mol. The van der Waals surface area contributed by atoms with E-state index in [-0.39, 0.29) is 34.3 Å². The van der Waals surface area contributed by atoms with Crippen LogP contribution < -0.4 is 0 Å². The van der Waals surface area contributed by atoms with Crippen molar-refractivity contribution in [1.29, 1.82) is 0 Å². The molecule has 8 atom stereocenters. The maximum Gasteiger partial charge on any atom is 0.303 e. The smallest absolute Gasteiger partial charge is 0.303 e. The molecule has 4 aliphatic carbocycles. The third kappa shape index (κ3) is 2.59. The summed E-state index contributed by atoms with van der Waals surface area (Å²) < 4.78 is 5.95. The minimum Gasteiger partial charge on any atom is -0.450 e. The maximum absolute atomic E-state index is 13.0. The van der Waals surface area contributed by atoms with Gasteiger partial charge >= 0.3 is 5.97 Å². The minimum absolute atomic E-state index is 0.00238. The van der Waals surface area contributed by atoms with Crippen LogP contribution in [0.15, 0.2) is 11.6 Å². The summed E-state index contributed by atoms with van der Waals surface area (Å²) in [7, 11) is 0. The summed E-state index contributed by atoms with van der Waals surface area (Å²) >= 11 is 0. The molecule has 0 saturated heterocycles. The largest absolute Gasteiger partial charge is 0.450 e. The van der Waals surface area contributed by atoms with Gasteiger partial charge in [-0.15, -0.1) is 0 Å². The van der Waals surface area contributed by atoms with Crippen LogP contribution in [-0.2, 0) is 19.1 Å². The van der Waals surface area contributed by atoms with Crippen molar-refractivity contribution in [3.05, 3.63) is 11.6 Å². The Morgan fingerprint density at radius 2 is 1.76 bits per heavy atom. The predicted octanol–water partition coefficient (Wildman–Crippen LogP) is 4.90. The van der Waals surface area contributed by atoms with Gasteiger partial charge in [0, 0.05) is 24.7 Å². The van der Waals surface area contributed by atoms with Crippen molar-refractivity contribution in [2.75, 3.05) is 0 Å². The van der Waals surface area contributed by atoms with Crippen LogP contribution in [-0.4, -0.2) is 23.1 Å². The van der Waals surface area contributed by atoms with E-state index in [9.17, 15) is 14.4 Å². The van der Waals surface area contributed by atoms with Gasteiger partial charge in [-0.05, 0) is 74.2 Å². The van der Waals surface area contributed by atoms with E-state index in [0.717, 1.165) is 32.1 Å². The van der Waals surface area contributed by atoms with E-state index in [1.807, 2.05) is 6.08 Å². The van der Waals surface area contributed by atoms with Crippen molar-refractivity contribution in [2.24, 2.45) is 40.4 Å². The minimum atomic E-state index is -1.00. The number of hydrogen-bond donors (Lipinski definition) is 0. The third-order valence-electron chi connectivity index (χ3n) is 9.65. The molecule has 0 aromatic heterocycles. The molecule has 4 nitrogen and oxygen atoms in total. The molecule has 0 aromatic rings. The Kier molecular flexibility index (Phi) is 4.68. The molecule has 0 unspecified atom stereocenters. The zero-order valence-corrected chi connectivity index (χ0v) is 18.8. The lowest BCUT2D eigenvalue weighted by atomic mass is 9.44. The zero-order chi connectivity index (χ0) is 21.4. The number of Topliss-reactive ketones (excluding diaryl/α,β-unsaturated/α-hetero) is 1. The lowest BCUT2D eigenvalue weighted by Crippen LogP contribution is -2.60. The van der Waals surface area contributed by atoms with Crippen LogP contribution in [0.4, 0.5) is 0 Å². The highest BCUT2D eigenvalue weighted by molar-refractivity contribution is 5.92. The molecule has 4 heteroatoms. The molecule has 0 aliphatic heterocycles. The molecule has 0 N–H and O–H groups in total. The van der Waals surface area contributed by atoms with Gasteiger partial charge in [-0.25, -0.2) is 0 Å². The normalized spacial score (nSPS) is 48.8. The first-order chi connectivity index (χ1) is 13.5. The van der Waals surface area contributed by atoms with E-state index in [2.05, 4.69) is 27.7 Å². The average Bonchev–Trinajstić information content (AvgIpc) is 2.85. The number of fused-ring (bicyclic) bond motifs is 5. The van der Waals surface area contributed by atoms with Gasteiger partial charge in [-0.2, -0.15) is 0 Å². The van der Waals surface area contributed by atoms with Gasteiger partial charge in [0.2, 0.25) is 0 Å². The Hall–Kier alpha value is -1.45. The highest BCUT2D eigenvalue weighted by Crippen LogP contribution is 2.70. The first kappa shape index (κ1) is 20.8. The summed E-state index contributed by atoms with van der Waals surface area (Å²) in [5.41, 5.74) is 0.135. The van der Waals surface area contributed by atoms with Crippen molar-refractivity contribution in [3.8, 4) is 0 Å². The highest BCUT2D eigenvalue weighted by Gasteiger charge is 2.70. The molecule has 0 heterocycles. The second-order valence-corrected chi connectivity index (χ2v) is 11.0. The van der Waals surface area contributed by atoms with Gasteiger partial charge < -0.3 is 4.74 Å². The number of ketones is 2. The summed E-state index contributed by atoms with van der Waals surface area (Å²) in [6, 6.07) is 0. The standard InChI is InChI=1S/C25H36O4/c1-14-11-19-20(23(5)9-7-18(28)13-21(14)23)8-10-24(6)22(19)12-15(2)25(24,16(3)26)29-17(4)27/h13-15,19-20,22H,7-12H2,1-6H3/t14-,15+,19+,20-,22-,23+,24-,25-/m0/s1. The summed E-state index contributed by atoms with van der Waals surface area (Å²) in [6.07, 6.45) is 7.50. The van der Waals surface area contributed by atoms with Gasteiger partial charge in [0.1, 0.15) is 0 Å². The molecule has 0 amide bonds. The van der Waals surface area contributed by atoms with Gasteiger partial charge in [0.05, 0.1) is 0 Å². The lowest BCUT2D eigenvalue weighted by molar-refractivity contribution is -0.193. The number of rotatable bonds is 2. The Morgan fingerprint density at radius 3 is 2.38 bits per heavy atom. The SMILES string of the molecule is CC(=O)O[C@]1(C(C)=O)[C@H](C)C[C@H]2[C@@H]3C[C@H](C)C4=CC(=O)CC[C@]4(C)[C@H]3CC[C@@]21C. The molecule has 0 bridgehead atoms. The second kappa shape index (κ2) is 6.52. The summed E-state index contributed by atoms with van der Waals surface area (Å²) in [6.45, 7) is 12.0. The monoisotopic (exact) mass is 400 g/mol. The second-order valence-electron chi connectivity index (χ2n) is 11.0. The number of esters is 1. The fourth-order valence-corrected chi connectivity index (χ4v) is 8.58. The van der Waals surface area contributed by atoms with Crippen molar-refractivity contribution in [2.45, 2.75) is 85.7 Å². The van der Waals surface area contributed by atoms with E-state index in [4.69, 9.17) is 4.74 Å². The van der Waals surface area contributed by atoms with Crippen molar-refractivity contribution in [1.82, 2.24) is 0 Å². The van der Waals surface area contributed by atoms with Crippen molar-refractivity contribution >= 4 is 17.5 Å².